The van der Waals surface area contributed by atoms with Crippen LogP contribution in [0.4, 0.5) is 0 Å². The first-order chi connectivity index (χ1) is 8.71. The molecule has 1 rings (SSSR count). The van der Waals surface area contributed by atoms with Crippen LogP contribution in [0.5, 0.6) is 0 Å². The molecule has 1 aromatic heterocycles. The molecule has 0 saturated carbocycles. The Morgan fingerprint density at radius 1 is 1.32 bits per heavy atom. The predicted octanol–water partition coefficient (Wildman–Crippen LogP) is 3.85. The maximum Gasteiger partial charge on any atom is 0.244 e. The highest BCUT2D eigenvalue weighted by molar-refractivity contribution is 7.89. The first kappa shape index (κ1) is 17.0. The topological polar surface area (TPSA) is 37.4 Å². The SMILES string of the molecule is Cc1csc(CCl)c1S(=O)(=O)N(CC(C)C)C(C)C. The standard InChI is InChI=1S/C13H22ClNO2S2/c1-9(2)7-15(10(3)4)19(16,17)13-11(5)8-18-12(13)6-14/h8-10H,6-7H2,1-5H3. The molecule has 1 heterocycles. The molecular formula is C13H22ClNO2S2. The second-order valence-electron chi connectivity index (χ2n) is 5.37. The lowest BCUT2D eigenvalue weighted by atomic mass is 10.2. The Morgan fingerprint density at radius 2 is 1.89 bits per heavy atom. The number of sulfonamides is 1. The number of aryl methyl sites for hydroxylation is 1. The van der Waals surface area contributed by atoms with Crippen LogP contribution < -0.4 is 0 Å². The molecule has 0 atom stereocenters. The third-order valence-electron chi connectivity index (χ3n) is 2.80. The van der Waals surface area contributed by atoms with Crippen LogP contribution in [-0.4, -0.2) is 25.3 Å². The summed E-state index contributed by atoms with van der Waals surface area (Å²) in [5.41, 5.74) is 0.787. The van der Waals surface area contributed by atoms with E-state index in [4.69, 9.17) is 11.6 Å². The van der Waals surface area contributed by atoms with Gasteiger partial charge in [0.15, 0.2) is 0 Å². The molecular weight excluding hydrogens is 302 g/mol. The van der Waals surface area contributed by atoms with Crippen molar-refractivity contribution in [2.75, 3.05) is 6.54 Å². The molecule has 1 aromatic rings. The molecule has 0 aliphatic rings. The number of hydrogen-bond donors (Lipinski definition) is 0. The highest BCUT2D eigenvalue weighted by Crippen LogP contribution is 2.31. The predicted molar refractivity (Wildman–Crippen MR) is 82.5 cm³/mol. The summed E-state index contributed by atoms with van der Waals surface area (Å²) in [6.07, 6.45) is 0. The van der Waals surface area contributed by atoms with Gasteiger partial charge < -0.3 is 0 Å². The summed E-state index contributed by atoms with van der Waals surface area (Å²) in [5.74, 6) is 0.524. The van der Waals surface area contributed by atoms with Crippen molar-refractivity contribution >= 4 is 33.0 Å². The maximum atomic E-state index is 12.8. The summed E-state index contributed by atoms with van der Waals surface area (Å²) in [6, 6.07) is -0.0603. The van der Waals surface area contributed by atoms with Gasteiger partial charge in [-0.1, -0.05) is 13.8 Å². The number of alkyl halides is 1. The minimum atomic E-state index is -3.47. The molecule has 0 bridgehead atoms. The van der Waals surface area contributed by atoms with Crippen molar-refractivity contribution in [1.82, 2.24) is 4.31 Å². The zero-order valence-electron chi connectivity index (χ0n) is 12.1. The molecule has 3 nitrogen and oxygen atoms in total. The van der Waals surface area contributed by atoms with Crippen LogP contribution in [0.15, 0.2) is 10.3 Å². The minimum absolute atomic E-state index is 0.0603. The fourth-order valence-corrected chi connectivity index (χ4v) is 5.80. The number of thiophene rings is 1. The Bertz CT molecular complexity index is 521. The zero-order valence-corrected chi connectivity index (χ0v) is 14.5. The van der Waals surface area contributed by atoms with Crippen LogP contribution in [0, 0.1) is 12.8 Å². The summed E-state index contributed by atoms with van der Waals surface area (Å²) in [7, 11) is -3.47. The zero-order chi connectivity index (χ0) is 14.8. The monoisotopic (exact) mass is 323 g/mol. The molecule has 0 saturated heterocycles. The second-order valence-corrected chi connectivity index (χ2v) is 8.43. The van der Waals surface area contributed by atoms with E-state index in [9.17, 15) is 8.42 Å². The van der Waals surface area contributed by atoms with Crippen LogP contribution in [0.1, 0.15) is 38.1 Å². The number of hydrogen-bond acceptors (Lipinski definition) is 3. The van der Waals surface area contributed by atoms with E-state index in [2.05, 4.69) is 0 Å². The van der Waals surface area contributed by atoms with Crippen molar-refractivity contribution in [3.05, 3.63) is 15.8 Å². The maximum absolute atomic E-state index is 12.8. The fourth-order valence-electron chi connectivity index (χ4n) is 1.99. The van der Waals surface area contributed by atoms with Gasteiger partial charge >= 0.3 is 0 Å². The number of nitrogens with zero attached hydrogens (tertiary/aromatic N) is 1. The fraction of sp³-hybridized carbons (Fsp3) is 0.692. The Kier molecular flexibility index (Phi) is 5.86. The average Bonchev–Trinajstić information content (AvgIpc) is 2.67. The Labute approximate surface area is 125 Å². The largest absolute Gasteiger partial charge is 0.244 e. The van der Waals surface area contributed by atoms with Gasteiger partial charge in [0.25, 0.3) is 0 Å². The third kappa shape index (κ3) is 3.72. The molecule has 110 valence electrons. The van der Waals surface area contributed by atoms with Gasteiger partial charge in [0, 0.05) is 17.5 Å². The number of halogens is 1. The van der Waals surface area contributed by atoms with Gasteiger partial charge in [-0.25, -0.2) is 8.42 Å². The van der Waals surface area contributed by atoms with Gasteiger partial charge in [0.2, 0.25) is 10.0 Å². The highest BCUT2D eigenvalue weighted by Gasteiger charge is 2.31. The highest BCUT2D eigenvalue weighted by atomic mass is 35.5. The molecule has 0 aliphatic heterocycles. The third-order valence-corrected chi connectivity index (χ3v) is 6.73. The lowest BCUT2D eigenvalue weighted by Gasteiger charge is -2.28. The molecule has 0 aromatic carbocycles. The van der Waals surface area contributed by atoms with Gasteiger partial charge in [-0.15, -0.1) is 22.9 Å². The average molecular weight is 324 g/mol. The summed E-state index contributed by atoms with van der Waals surface area (Å²) in [6.45, 7) is 10.2. The number of rotatable bonds is 6. The van der Waals surface area contributed by atoms with Gasteiger partial charge in [-0.05, 0) is 37.6 Å². The summed E-state index contributed by atoms with van der Waals surface area (Å²) in [5, 5.41) is 1.86. The van der Waals surface area contributed by atoms with E-state index in [-0.39, 0.29) is 17.8 Å². The van der Waals surface area contributed by atoms with E-state index in [1.807, 2.05) is 40.0 Å². The molecule has 19 heavy (non-hydrogen) atoms. The Balaban J connectivity index is 3.30. The van der Waals surface area contributed by atoms with E-state index in [0.29, 0.717) is 11.4 Å². The van der Waals surface area contributed by atoms with Crippen molar-refractivity contribution in [2.24, 2.45) is 5.92 Å². The van der Waals surface area contributed by atoms with Crippen LogP contribution in [0.2, 0.25) is 0 Å². The van der Waals surface area contributed by atoms with Crippen LogP contribution in [0.3, 0.4) is 0 Å². The van der Waals surface area contributed by atoms with E-state index >= 15 is 0 Å². The van der Waals surface area contributed by atoms with Gasteiger partial charge in [-0.3, -0.25) is 0 Å². The summed E-state index contributed by atoms with van der Waals surface area (Å²) < 4.78 is 27.3. The van der Waals surface area contributed by atoms with Crippen molar-refractivity contribution in [1.29, 1.82) is 0 Å². The lowest BCUT2D eigenvalue weighted by molar-refractivity contribution is 0.318. The van der Waals surface area contributed by atoms with Crippen LogP contribution in [0.25, 0.3) is 0 Å². The molecule has 0 spiro atoms. The second kappa shape index (κ2) is 6.57. The minimum Gasteiger partial charge on any atom is -0.207 e. The van der Waals surface area contributed by atoms with Crippen molar-refractivity contribution in [3.8, 4) is 0 Å². The normalized spacial score (nSPS) is 12.9. The Hall–Kier alpha value is -0.100. The molecule has 0 aliphatic carbocycles. The van der Waals surface area contributed by atoms with Gasteiger partial charge in [0.1, 0.15) is 4.90 Å². The Morgan fingerprint density at radius 3 is 2.32 bits per heavy atom. The van der Waals surface area contributed by atoms with Crippen molar-refractivity contribution in [2.45, 2.75) is 51.4 Å². The first-order valence-electron chi connectivity index (χ1n) is 6.36. The molecule has 0 fully saturated rings. The summed E-state index contributed by atoms with van der Waals surface area (Å²) in [4.78, 5) is 1.13. The molecule has 0 radical (unpaired) electrons. The smallest absolute Gasteiger partial charge is 0.207 e. The molecule has 0 N–H and O–H groups in total. The van der Waals surface area contributed by atoms with E-state index in [1.54, 1.807) is 4.31 Å². The quantitative estimate of drug-likeness (QED) is 0.746. The van der Waals surface area contributed by atoms with Gasteiger partial charge in [0.05, 0.1) is 5.88 Å². The van der Waals surface area contributed by atoms with E-state index in [1.165, 1.54) is 11.3 Å². The summed E-state index contributed by atoms with van der Waals surface area (Å²) >= 11 is 7.28. The molecule has 0 amide bonds. The van der Waals surface area contributed by atoms with E-state index in [0.717, 1.165) is 10.4 Å². The van der Waals surface area contributed by atoms with Crippen LogP contribution in [-0.2, 0) is 15.9 Å². The van der Waals surface area contributed by atoms with Gasteiger partial charge in [-0.2, -0.15) is 4.31 Å². The first-order valence-corrected chi connectivity index (χ1v) is 9.22. The molecule has 6 heteroatoms. The van der Waals surface area contributed by atoms with Crippen molar-refractivity contribution in [3.63, 3.8) is 0 Å². The van der Waals surface area contributed by atoms with Crippen molar-refractivity contribution < 1.29 is 8.42 Å². The van der Waals surface area contributed by atoms with E-state index < -0.39 is 10.0 Å². The molecule has 0 unspecified atom stereocenters. The lowest BCUT2D eigenvalue weighted by Crippen LogP contribution is -2.39. The van der Waals surface area contributed by atoms with Crippen LogP contribution >= 0.6 is 22.9 Å².